The van der Waals surface area contributed by atoms with Crippen molar-refractivity contribution in [2.45, 2.75) is 4.90 Å². The molecule has 2 aromatic carbocycles. The summed E-state index contributed by atoms with van der Waals surface area (Å²) in [5.74, 6) is 0.0742. The second-order valence-corrected chi connectivity index (χ2v) is 6.50. The third kappa shape index (κ3) is 2.78. The van der Waals surface area contributed by atoms with E-state index in [1.165, 1.54) is 12.1 Å². The number of rotatable bonds is 2. The predicted octanol–water partition coefficient (Wildman–Crippen LogP) is 4.38. The lowest BCUT2D eigenvalue weighted by atomic mass is 10.0. The van der Waals surface area contributed by atoms with Crippen LogP contribution in [0.2, 0.25) is 0 Å². The van der Waals surface area contributed by atoms with Gasteiger partial charge in [0.1, 0.15) is 5.82 Å². The third-order valence-electron chi connectivity index (χ3n) is 3.83. The van der Waals surface area contributed by atoms with Gasteiger partial charge >= 0.3 is 0 Å². The molecule has 0 radical (unpaired) electrons. The van der Waals surface area contributed by atoms with Crippen LogP contribution in [-0.4, -0.2) is 21.3 Å². The Morgan fingerprint density at radius 3 is 2.83 bits per heavy atom. The molecule has 24 heavy (non-hydrogen) atoms. The monoisotopic (exact) mass is 336 g/mol. The maximum absolute atomic E-state index is 13.4. The molecule has 3 nitrogen and oxygen atoms in total. The van der Waals surface area contributed by atoms with Crippen LogP contribution >= 0.6 is 11.8 Å². The number of hydrogen-bond acceptors (Lipinski definition) is 3. The van der Waals surface area contributed by atoms with Gasteiger partial charge in [-0.05, 0) is 36.4 Å². The first-order valence-corrected chi connectivity index (χ1v) is 8.47. The van der Waals surface area contributed by atoms with E-state index in [1.54, 1.807) is 28.7 Å². The number of fused-ring (bicyclic) bond motifs is 1. The smallest absolute Gasteiger partial charge is 0.191 e. The van der Waals surface area contributed by atoms with Crippen LogP contribution in [-0.2, 0) is 0 Å². The second-order valence-electron chi connectivity index (χ2n) is 5.48. The number of halogens is 1. The summed E-state index contributed by atoms with van der Waals surface area (Å²) in [6.45, 7) is 0. The van der Waals surface area contributed by atoms with Crippen LogP contribution < -0.4 is 0 Å². The SMILES string of the molecule is O=C1/C(=C\c2cnn(-c3ccccc3)c2)CSc2ccc(F)cc21. The van der Waals surface area contributed by atoms with Crippen LogP contribution in [0.4, 0.5) is 4.39 Å². The third-order valence-corrected chi connectivity index (χ3v) is 4.95. The summed E-state index contributed by atoms with van der Waals surface area (Å²) in [5, 5.41) is 4.33. The zero-order valence-electron chi connectivity index (χ0n) is 12.6. The second kappa shape index (κ2) is 6.09. The average molecular weight is 336 g/mol. The Hall–Kier alpha value is -2.66. The number of para-hydroxylation sites is 1. The Labute approximate surface area is 142 Å². The summed E-state index contributed by atoms with van der Waals surface area (Å²) < 4.78 is 15.2. The van der Waals surface area contributed by atoms with Crippen LogP contribution in [0, 0.1) is 5.82 Å². The summed E-state index contributed by atoms with van der Waals surface area (Å²) in [6.07, 6.45) is 5.43. The van der Waals surface area contributed by atoms with Gasteiger partial charge in [0, 0.05) is 33.5 Å². The number of hydrogen-bond donors (Lipinski definition) is 0. The first-order valence-electron chi connectivity index (χ1n) is 7.48. The van der Waals surface area contributed by atoms with E-state index in [9.17, 15) is 9.18 Å². The Morgan fingerprint density at radius 2 is 2.00 bits per heavy atom. The number of carbonyl (C=O) groups excluding carboxylic acids is 1. The molecule has 3 aromatic rings. The standard InChI is InChI=1S/C19H13FN2OS/c20-15-6-7-18-17(9-15)19(23)14(12-24-18)8-13-10-21-22(11-13)16-4-2-1-3-5-16/h1-11H,12H2/b14-8-. The van der Waals surface area contributed by atoms with E-state index in [1.807, 2.05) is 42.6 Å². The summed E-state index contributed by atoms with van der Waals surface area (Å²) >= 11 is 1.55. The molecule has 0 aliphatic carbocycles. The molecule has 118 valence electrons. The van der Waals surface area contributed by atoms with E-state index in [4.69, 9.17) is 0 Å². The topological polar surface area (TPSA) is 34.9 Å². The lowest BCUT2D eigenvalue weighted by molar-refractivity contribution is 0.103. The summed E-state index contributed by atoms with van der Waals surface area (Å²) in [5.41, 5.74) is 2.90. The van der Waals surface area contributed by atoms with Crippen molar-refractivity contribution >= 4 is 23.6 Å². The maximum atomic E-state index is 13.4. The van der Waals surface area contributed by atoms with E-state index < -0.39 is 0 Å². The molecule has 0 saturated heterocycles. The van der Waals surface area contributed by atoms with Crippen molar-refractivity contribution in [3.63, 3.8) is 0 Å². The largest absolute Gasteiger partial charge is 0.289 e. The van der Waals surface area contributed by atoms with Gasteiger partial charge in [0.25, 0.3) is 0 Å². The number of carbonyl (C=O) groups is 1. The lowest BCUT2D eigenvalue weighted by Gasteiger charge is -2.16. The minimum absolute atomic E-state index is 0.115. The fourth-order valence-corrected chi connectivity index (χ4v) is 3.64. The van der Waals surface area contributed by atoms with E-state index in [2.05, 4.69) is 5.10 Å². The molecular formula is C19H13FN2OS. The van der Waals surface area contributed by atoms with Crippen molar-refractivity contribution in [1.29, 1.82) is 0 Å². The number of thioether (sulfide) groups is 1. The molecule has 1 aromatic heterocycles. The zero-order valence-corrected chi connectivity index (χ0v) is 13.5. The first-order chi connectivity index (χ1) is 11.7. The van der Waals surface area contributed by atoms with Gasteiger partial charge in [-0.3, -0.25) is 4.79 Å². The Bertz CT molecular complexity index is 947. The zero-order chi connectivity index (χ0) is 16.5. The van der Waals surface area contributed by atoms with Gasteiger partial charge in [0.2, 0.25) is 0 Å². The van der Waals surface area contributed by atoms with Gasteiger partial charge in [0.15, 0.2) is 5.78 Å². The normalized spacial score (nSPS) is 15.5. The Balaban J connectivity index is 1.65. The summed E-state index contributed by atoms with van der Waals surface area (Å²) in [6, 6.07) is 14.1. The van der Waals surface area contributed by atoms with Crippen LogP contribution in [0.15, 0.2) is 71.4 Å². The van der Waals surface area contributed by atoms with Crippen LogP contribution in [0.1, 0.15) is 15.9 Å². The fraction of sp³-hybridized carbons (Fsp3) is 0.0526. The van der Waals surface area contributed by atoms with Crippen LogP contribution in [0.25, 0.3) is 11.8 Å². The minimum atomic E-state index is -0.388. The summed E-state index contributed by atoms with van der Waals surface area (Å²) in [4.78, 5) is 13.4. The van der Waals surface area contributed by atoms with Gasteiger partial charge < -0.3 is 0 Å². The minimum Gasteiger partial charge on any atom is -0.289 e. The van der Waals surface area contributed by atoms with Gasteiger partial charge in [-0.25, -0.2) is 9.07 Å². The molecule has 0 fully saturated rings. The predicted molar refractivity (Wildman–Crippen MR) is 93.0 cm³/mol. The van der Waals surface area contributed by atoms with E-state index in [0.29, 0.717) is 16.9 Å². The molecule has 1 aliphatic heterocycles. The molecule has 0 unspecified atom stereocenters. The number of Topliss-reactive ketones (excluding diaryl/α,β-unsaturated/α-hetero) is 1. The molecule has 2 heterocycles. The molecule has 0 N–H and O–H groups in total. The van der Waals surface area contributed by atoms with Gasteiger partial charge in [-0.1, -0.05) is 18.2 Å². The van der Waals surface area contributed by atoms with E-state index in [-0.39, 0.29) is 11.6 Å². The van der Waals surface area contributed by atoms with Crippen molar-refractivity contribution in [1.82, 2.24) is 9.78 Å². The van der Waals surface area contributed by atoms with E-state index >= 15 is 0 Å². The highest BCUT2D eigenvalue weighted by molar-refractivity contribution is 7.99. The van der Waals surface area contributed by atoms with Crippen molar-refractivity contribution in [2.24, 2.45) is 0 Å². The summed E-state index contributed by atoms with van der Waals surface area (Å²) in [7, 11) is 0. The lowest BCUT2D eigenvalue weighted by Crippen LogP contribution is -2.12. The molecule has 1 aliphatic rings. The molecule has 0 saturated carbocycles. The van der Waals surface area contributed by atoms with Crippen molar-refractivity contribution in [3.8, 4) is 5.69 Å². The highest BCUT2D eigenvalue weighted by Crippen LogP contribution is 2.33. The fourth-order valence-electron chi connectivity index (χ4n) is 2.64. The van der Waals surface area contributed by atoms with Crippen LogP contribution in [0.5, 0.6) is 0 Å². The van der Waals surface area contributed by atoms with Gasteiger partial charge in [-0.2, -0.15) is 5.10 Å². The molecule has 0 atom stereocenters. The highest BCUT2D eigenvalue weighted by atomic mass is 32.2. The number of ketones is 1. The van der Waals surface area contributed by atoms with Crippen LogP contribution in [0.3, 0.4) is 0 Å². The molecular weight excluding hydrogens is 323 g/mol. The number of benzene rings is 2. The number of nitrogens with zero attached hydrogens (tertiary/aromatic N) is 2. The molecule has 0 bridgehead atoms. The highest BCUT2D eigenvalue weighted by Gasteiger charge is 2.23. The Kier molecular flexibility index (Phi) is 3.78. The molecule has 0 amide bonds. The van der Waals surface area contributed by atoms with E-state index in [0.717, 1.165) is 16.1 Å². The van der Waals surface area contributed by atoms with Crippen molar-refractivity contribution in [2.75, 3.05) is 5.75 Å². The number of aromatic nitrogens is 2. The van der Waals surface area contributed by atoms with Crippen molar-refractivity contribution < 1.29 is 9.18 Å². The average Bonchev–Trinajstić information content (AvgIpc) is 3.07. The molecule has 4 rings (SSSR count). The quantitative estimate of drug-likeness (QED) is 0.651. The van der Waals surface area contributed by atoms with Crippen molar-refractivity contribution in [3.05, 3.63) is 83.4 Å². The molecule has 0 spiro atoms. The Morgan fingerprint density at radius 1 is 1.17 bits per heavy atom. The van der Waals surface area contributed by atoms with Gasteiger partial charge in [0.05, 0.1) is 11.9 Å². The van der Waals surface area contributed by atoms with Gasteiger partial charge in [-0.15, -0.1) is 11.8 Å². The molecule has 5 heteroatoms. The first kappa shape index (κ1) is 14.9. The maximum Gasteiger partial charge on any atom is 0.191 e.